The van der Waals surface area contributed by atoms with Crippen molar-refractivity contribution in [3.8, 4) is 0 Å². The Bertz CT molecular complexity index is 474. The van der Waals surface area contributed by atoms with Crippen molar-refractivity contribution in [2.24, 2.45) is 0 Å². The van der Waals surface area contributed by atoms with Gasteiger partial charge in [0.1, 0.15) is 5.82 Å². The summed E-state index contributed by atoms with van der Waals surface area (Å²) < 4.78 is 39.2. The van der Waals surface area contributed by atoms with Crippen LogP contribution in [0.3, 0.4) is 0 Å². The maximum absolute atomic E-state index is 13.1. The van der Waals surface area contributed by atoms with E-state index in [0.29, 0.717) is 12.1 Å². The van der Waals surface area contributed by atoms with E-state index < -0.39 is 15.8 Å². The van der Waals surface area contributed by atoms with Crippen LogP contribution < -0.4 is 10.0 Å². The lowest BCUT2D eigenvalue weighted by Gasteiger charge is -2.11. The predicted molar refractivity (Wildman–Crippen MR) is 64.6 cm³/mol. The first-order valence-corrected chi connectivity index (χ1v) is 6.98. The predicted octanol–water partition coefficient (Wildman–Crippen LogP) is 1.23. The lowest BCUT2D eigenvalue weighted by molar-refractivity contribution is 0.576. The highest BCUT2D eigenvalue weighted by Crippen LogP contribution is 2.17. The average Bonchev–Trinajstić information content (AvgIpc) is 2.27. The van der Waals surface area contributed by atoms with Crippen molar-refractivity contribution in [3.63, 3.8) is 0 Å². The molecule has 17 heavy (non-hydrogen) atoms. The normalized spacial score (nSPS) is 11.7. The van der Waals surface area contributed by atoms with Crippen LogP contribution in [0.4, 0.5) is 4.39 Å². The molecule has 0 aliphatic heterocycles. The van der Waals surface area contributed by atoms with Crippen molar-refractivity contribution < 1.29 is 12.8 Å². The van der Waals surface area contributed by atoms with Gasteiger partial charge in [-0.05, 0) is 24.2 Å². The number of hydrogen-bond acceptors (Lipinski definition) is 3. The van der Waals surface area contributed by atoms with E-state index in [4.69, 9.17) is 0 Å². The van der Waals surface area contributed by atoms with Gasteiger partial charge in [0, 0.05) is 13.1 Å². The van der Waals surface area contributed by atoms with Crippen molar-refractivity contribution in [2.75, 3.05) is 13.1 Å². The third-order valence-electron chi connectivity index (χ3n) is 2.22. The highest BCUT2D eigenvalue weighted by molar-refractivity contribution is 7.89. The minimum absolute atomic E-state index is 0.000278. The molecule has 0 amide bonds. The average molecular weight is 260 g/mol. The van der Waals surface area contributed by atoms with E-state index in [9.17, 15) is 12.8 Å². The highest BCUT2D eigenvalue weighted by Gasteiger charge is 2.17. The molecular formula is C11H17FN2O2S. The van der Waals surface area contributed by atoms with Gasteiger partial charge in [-0.15, -0.1) is 0 Å². The van der Waals surface area contributed by atoms with Gasteiger partial charge in [-0.1, -0.05) is 19.9 Å². The summed E-state index contributed by atoms with van der Waals surface area (Å²) in [5.41, 5.74) is 0.564. The zero-order valence-corrected chi connectivity index (χ0v) is 10.8. The molecule has 1 aromatic rings. The molecular weight excluding hydrogens is 243 g/mol. The summed E-state index contributed by atoms with van der Waals surface area (Å²) in [6.07, 6.45) is 0. The van der Waals surface area contributed by atoms with Gasteiger partial charge >= 0.3 is 0 Å². The maximum atomic E-state index is 13.1. The first kappa shape index (κ1) is 14.1. The van der Waals surface area contributed by atoms with Gasteiger partial charge in [0.2, 0.25) is 10.0 Å². The molecule has 0 fully saturated rings. The van der Waals surface area contributed by atoms with E-state index in [1.807, 2.05) is 6.92 Å². The molecule has 1 rings (SSSR count). The number of nitrogens with one attached hydrogen (secondary N) is 2. The number of sulfonamides is 1. The maximum Gasteiger partial charge on any atom is 0.240 e. The first-order chi connectivity index (χ1) is 8.01. The number of halogens is 1. The van der Waals surface area contributed by atoms with Crippen LogP contribution in [-0.2, 0) is 16.6 Å². The van der Waals surface area contributed by atoms with Crippen LogP contribution in [0.15, 0.2) is 23.1 Å². The smallest absolute Gasteiger partial charge is 0.240 e. The number of rotatable bonds is 6. The number of hydrogen-bond donors (Lipinski definition) is 2. The standard InChI is InChI=1S/C11H17FN2O2S/c1-3-13-8-9-5-6-10(12)7-11(9)17(15,16)14-4-2/h5-7,13-14H,3-4,8H2,1-2H3. The van der Waals surface area contributed by atoms with Crippen molar-refractivity contribution in [1.29, 1.82) is 0 Å². The summed E-state index contributed by atoms with van der Waals surface area (Å²) in [4.78, 5) is 0.000278. The Morgan fingerprint density at radius 2 is 1.94 bits per heavy atom. The molecule has 0 aliphatic rings. The minimum Gasteiger partial charge on any atom is -0.313 e. The lowest BCUT2D eigenvalue weighted by atomic mass is 10.2. The summed E-state index contributed by atoms with van der Waals surface area (Å²) >= 11 is 0. The zero-order valence-electron chi connectivity index (χ0n) is 9.96. The molecule has 0 aromatic heterocycles. The van der Waals surface area contributed by atoms with Crippen LogP contribution in [0.1, 0.15) is 19.4 Å². The number of benzene rings is 1. The fourth-order valence-electron chi connectivity index (χ4n) is 1.45. The largest absolute Gasteiger partial charge is 0.313 e. The van der Waals surface area contributed by atoms with Crippen molar-refractivity contribution in [3.05, 3.63) is 29.6 Å². The van der Waals surface area contributed by atoms with Crippen LogP contribution in [0, 0.1) is 5.82 Å². The minimum atomic E-state index is -3.62. The van der Waals surface area contributed by atoms with E-state index >= 15 is 0 Å². The molecule has 0 saturated carbocycles. The van der Waals surface area contributed by atoms with Gasteiger partial charge in [0.05, 0.1) is 4.90 Å². The Morgan fingerprint density at radius 1 is 1.24 bits per heavy atom. The third-order valence-corrected chi connectivity index (χ3v) is 3.85. The molecule has 4 nitrogen and oxygen atoms in total. The van der Waals surface area contributed by atoms with Gasteiger partial charge in [0.25, 0.3) is 0 Å². The molecule has 1 aromatic carbocycles. The topological polar surface area (TPSA) is 58.2 Å². The highest BCUT2D eigenvalue weighted by atomic mass is 32.2. The first-order valence-electron chi connectivity index (χ1n) is 5.50. The molecule has 6 heteroatoms. The Kier molecular flexibility index (Phi) is 5.04. The fourth-order valence-corrected chi connectivity index (χ4v) is 2.74. The zero-order chi connectivity index (χ0) is 12.9. The fraction of sp³-hybridized carbons (Fsp3) is 0.455. The molecule has 0 unspecified atom stereocenters. The summed E-state index contributed by atoms with van der Waals surface area (Å²) in [6.45, 7) is 5.00. The summed E-state index contributed by atoms with van der Waals surface area (Å²) in [7, 11) is -3.62. The van der Waals surface area contributed by atoms with Gasteiger partial charge in [0.15, 0.2) is 0 Å². The van der Waals surface area contributed by atoms with Crippen molar-refractivity contribution in [2.45, 2.75) is 25.3 Å². The van der Waals surface area contributed by atoms with E-state index in [0.717, 1.165) is 12.6 Å². The van der Waals surface area contributed by atoms with Crippen molar-refractivity contribution in [1.82, 2.24) is 10.0 Å². The molecule has 96 valence electrons. The molecule has 0 heterocycles. The van der Waals surface area contributed by atoms with Gasteiger partial charge < -0.3 is 5.32 Å². The SMILES string of the molecule is CCNCc1ccc(F)cc1S(=O)(=O)NCC. The second-order valence-corrected chi connectivity index (χ2v) is 5.27. The van der Waals surface area contributed by atoms with E-state index in [-0.39, 0.29) is 11.4 Å². The monoisotopic (exact) mass is 260 g/mol. The Hall–Kier alpha value is -0.980. The van der Waals surface area contributed by atoms with Gasteiger partial charge in [-0.2, -0.15) is 0 Å². The molecule has 0 bridgehead atoms. The van der Waals surface area contributed by atoms with E-state index in [1.165, 1.54) is 12.1 Å². The van der Waals surface area contributed by atoms with Crippen LogP contribution in [0.25, 0.3) is 0 Å². The van der Waals surface area contributed by atoms with Crippen LogP contribution in [0.5, 0.6) is 0 Å². The molecule has 0 radical (unpaired) electrons. The third kappa shape index (κ3) is 3.76. The molecule has 0 spiro atoms. The summed E-state index contributed by atoms with van der Waals surface area (Å²) in [5.74, 6) is -0.554. The summed E-state index contributed by atoms with van der Waals surface area (Å²) in [5, 5.41) is 3.02. The second-order valence-electron chi connectivity index (χ2n) is 3.53. The van der Waals surface area contributed by atoms with Crippen LogP contribution >= 0.6 is 0 Å². The molecule has 0 atom stereocenters. The Morgan fingerprint density at radius 3 is 2.53 bits per heavy atom. The molecule has 2 N–H and O–H groups in total. The van der Waals surface area contributed by atoms with Gasteiger partial charge in [-0.3, -0.25) is 0 Å². The summed E-state index contributed by atoms with van der Waals surface area (Å²) in [6, 6.07) is 3.80. The van der Waals surface area contributed by atoms with Crippen LogP contribution in [-0.4, -0.2) is 21.5 Å². The lowest BCUT2D eigenvalue weighted by Crippen LogP contribution is -2.25. The van der Waals surface area contributed by atoms with Crippen LogP contribution in [0.2, 0.25) is 0 Å². The quantitative estimate of drug-likeness (QED) is 0.809. The molecule has 0 saturated heterocycles. The Labute approximate surface area is 101 Å². The van der Waals surface area contributed by atoms with Crippen molar-refractivity contribution >= 4 is 10.0 Å². The van der Waals surface area contributed by atoms with Gasteiger partial charge in [-0.25, -0.2) is 17.5 Å². The molecule has 0 aliphatic carbocycles. The van der Waals surface area contributed by atoms with E-state index in [1.54, 1.807) is 6.92 Å². The second kappa shape index (κ2) is 6.09. The van der Waals surface area contributed by atoms with E-state index in [2.05, 4.69) is 10.0 Å². The Balaban J connectivity index is 3.15.